The van der Waals surface area contributed by atoms with Crippen LogP contribution in [0.3, 0.4) is 0 Å². The predicted molar refractivity (Wildman–Crippen MR) is 50.3 cm³/mol. The van der Waals surface area contributed by atoms with Crippen LogP contribution in [-0.4, -0.2) is 43.2 Å². The van der Waals surface area contributed by atoms with E-state index >= 15 is 0 Å². The van der Waals surface area contributed by atoms with E-state index in [0.29, 0.717) is 6.61 Å². The average molecular weight is 186 g/mol. The fourth-order valence-electron chi connectivity index (χ4n) is 1.72. The fraction of sp³-hybridized carbons (Fsp3) is 0.889. The molecule has 1 amide bonds. The highest BCUT2D eigenvalue weighted by Gasteiger charge is 2.22. The Balaban J connectivity index is 2.50. The number of primary amides is 1. The molecular formula is C9H18N2O2. The van der Waals surface area contributed by atoms with Gasteiger partial charge in [-0.2, -0.15) is 0 Å². The van der Waals surface area contributed by atoms with Gasteiger partial charge in [0.2, 0.25) is 5.91 Å². The summed E-state index contributed by atoms with van der Waals surface area (Å²) in [7, 11) is 0. The molecule has 0 saturated carbocycles. The number of ether oxygens (including phenoxy) is 1. The Morgan fingerprint density at radius 3 is 2.92 bits per heavy atom. The maximum absolute atomic E-state index is 11.1. The number of carbonyl (C=O) groups is 1. The third-order valence-electron chi connectivity index (χ3n) is 2.41. The minimum Gasteiger partial charge on any atom is -0.380 e. The van der Waals surface area contributed by atoms with E-state index in [0.717, 1.165) is 32.5 Å². The van der Waals surface area contributed by atoms with Crippen molar-refractivity contribution in [3.8, 4) is 0 Å². The summed E-state index contributed by atoms with van der Waals surface area (Å²) in [5.41, 5.74) is 5.31. The maximum Gasteiger partial charge on any atom is 0.234 e. The summed E-state index contributed by atoms with van der Waals surface area (Å²) in [6, 6.07) is -0.110. The molecule has 4 heteroatoms. The third kappa shape index (κ3) is 2.97. The van der Waals surface area contributed by atoms with E-state index in [-0.39, 0.29) is 11.9 Å². The number of nitrogens with zero attached hydrogens (tertiary/aromatic N) is 1. The van der Waals surface area contributed by atoms with Crippen molar-refractivity contribution in [1.29, 1.82) is 0 Å². The lowest BCUT2D eigenvalue weighted by atomic mass is 10.1. The Morgan fingerprint density at radius 1 is 1.54 bits per heavy atom. The van der Waals surface area contributed by atoms with E-state index < -0.39 is 0 Å². The van der Waals surface area contributed by atoms with E-state index in [1.54, 1.807) is 0 Å². The highest BCUT2D eigenvalue weighted by molar-refractivity contribution is 5.79. The molecule has 0 aromatic heterocycles. The minimum absolute atomic E-state index is 0.110. The normalized spacial score (nSPS) is 22.2. The van der Waals surface area contributed by atoms with Gasteiger partial charge >= 0.3 is 0 Å². The van der Waals surface area contributed by atoms with Crippen LogP contribution in [0.25, 0.3) is 0 Å². The topological polar surface area (TPSA) is 55.6 Å². The Bertz CT molecular complexity index is 165. The summed E-state index contributed by atoms with van der Waals surface area (Å²) in [4.78, 5) is 13.2. The number of hydrogen-bond acceptors (Lipinski definition) is 3. The molecule has 13 heavy (non-hydrogen) atoms. The van der Waals surface area contributed by atoms with Crippen molar-refractivity contribution in [1.82, 2.24) is 4.90 Å². The zero-order valence-electron chi connectivity index (χ0n) is 8.16. The lowest BCUT2D eigenvalue weighted by Gasteiger charge is -2.26. The van der Waals surface area contributed by atoms with E-state index in [9.17, 15) is 4.79 Å². The van der Waals surface area contributed by atoms with Crippen molar-refractivity contribution in [2.45, 2.75) is 25.8 Å². The van der Waals surface area contributed by atoms with Crippen LogP contribution in [0.2, 0.25) is 0 Å². The number of carbonyl (C=O) groups excluding carboxylic acids is 1. The van der Waals surface area contributed by atoms with Crippen LogP contribution in [0, 0.1) is 0 Å². The summed E-state index contributed by atoms with van der Waals surface area (Å²) in [5.74, 6) is -0.218. The highest BCUT2D eigenvalue weighted by atomic mass is 16.5. The standard InChI is InChI=1S/C9H18N2O2/c1-2-8(9(10)12)11-4-3-6-13-7-5-11/h8H,2-7H2,1H3,(H2,10,12). The van der Waals surface area contributed by atoms with Gasteiger partial charge in [0, 0.05) is 19.7 Å². The largest absolute Gasteiger partial charge is 0.380 e. The van der Waals surface area contributed by atoms with Gasteiger partial charge in [-0.05, 0) is 12.8 Å². The molecule has 2 N–H and O–H groups in total. The fourth-order valence-corrected chi connectivity index (χ4v) is 1.72. The summed E-state index contributed by atoms with van der Waals surface area (Å²) in [6.07, 6.45) is 1.78. The lowest BCUT2D eigenvalue weighted by molar-refractivity contribution is -0.123. The van der Waals surface area contributed by atoms with Gasteiger partial charge in [-0.15, -0.1) is 0 Å². The van der Waals surface area contributed by atoms with Gasteiger partial charge in [-0.25, -0.2) is 0 Å². The molecular weight excluding hydrogens is 168 g/mol. The number of hydrogen-bond donors (Lipinski definition) is 1. The van der Waals surface area contributed by atoms with Crippen molar-refractivity contribution in [3.05, 3.63) is 0 Å². The molecule has 4 nitrogen and oxygen atoms in total. The molecule has 1 aliphatic heterocycles. The SMILES string of the molecule is CCC(C(N)=O)N1CCCOCC1. The molecule has 0 aliphatic carbocycles. The van der Waals surface area contributed by atoms with Crippen LogP contribution in [0.5, 0.6) is 0 Å². The molecule has 0 bridgehead atoms. The molecule has 1 fully saturated rings. The molecule has 1 atom stereocenters. The van der Waals surface area contributed by atoms with Crippen molar-refractivity contribution in [3.63, 3.8) is 0 Å². The van der Waals surface area contributed by atoms with Gasteiger partial charge in [-0.1, -0.05) is 6.92 Å². The predicted octanol–water partition coefficient (Wildman–Crippen LogP) is -0.0274. The van der Waals surface area contributed by atoms with E-state index in [1.165, 1.54) is 0 Å². The van der Waals surface area contributed by atoms with Crippen molar-refractivity contribution in [2.75, 3.05) is 26.3 Å². The lowest BCUT2D eigenvalue weighted by Crippen LogP contribution is -2.45. The maximum atomic E-state index is 11.1. The molecule has 76 valence electrons. The Kier molecular flexibility index (Phi) is 4.18. The average Bonchev–Trinajstić information content (AvgIpc) is 2.33. The second-order valence-corrected chi connectivity index (χ2v) is 3.33. The number of rotatable bonds is 3. The second kappa shape index (κ2) is 5.19. The van der Waals surface area contributed by atoms with Crippen LogP contribution >= 0.6 is 0 Å². The molecule has 1 saturated heterocycles. The van der Waals surface area contributed by atoms with Crippen molar-refractivity contribution >= 4 is 5.91 Å². The van der Waals surface area contributed by atoms with Gasteiger partial charge in [0.25, 0.3) is 0 Å². The molecule has 0 aromatic rings. The highest BCUT2D eigenvalue weighted by Crippen LogP contribution is 2.07. The summed E-state index contributed by atoms with van der Waals surface area (Å²) >= 11 is 0. The first-order valence-corrected chi connectivity index (χ1v) is 4.86. The van der Waals surface area contributed by atoms with Gasteiger partial charge < -0.3 is 10.5 Å². The van der Waals surface area contributed by atoms with Crippen molar-refractivity contribution in [2.24, 2.45) is 5.73 Å². The van der Waals surface area contributed by atoms with Crippen LogP contribution in [0.1, 0.15) is 19.8 Å². The molecule has 0 radical (unpaired) electrons. The number of amides is 1. The van der Waals surface area contributed by atoms with Crippen LogP contribution in [0.4, 0.5) is 0 Å². The van der Waals surface area contributed by atoms with E-state index in [1.807, 2.05) is 6.92 Å². The Hall–Kier alpha value is -0.610. The van der Waals surface area contributed by atoms with Crippen molar-refractivity contribution < 1.29 is 9.53 Å². The van der Waals surface area contributed by atoms with Gasteiger partial charge in [0.05, 0.1) is 12.6 Å². The van der Waals surface area contributed by atoms with E-state index in [2.05, 4.69) is 4.90 Å². The first kappa shape index (κ1) is 10.5. The molecule has 1 unspecified atom stereocenters. The number of nitrogens with two attached hydrogens (primary N) is 1. The molecule has 0 spiro atoms. The summed E-state index contributed by atoms with van der Waals surface area (Å²) in [6.45, 7) is 5.24. The van der Waals surface area contributed by atoms with E-state index in [4.69, 9.17) is 10.5 Å². The first-order chi connectivity index (χ1) is 6.25. The quantitative estimate of drug-likeness (QED) is 0.673. The molecule has 1 aliphatic rings. The smallest absolute Gasteiger partial charge is 0.234 e. The zero-order chi connectivity index (χ0) is 9.68. The molecule has 0 aromatic carbocycles. The summed E-state index contributed by atoms with van der Waals surface area (Å²) in [5, 5.41) is 0. The van der Waals surface area contributed by atoms with Crippen LogP contribution < -0.4 is 5.73 Å². The Labute approximate surface area is 79.0 Å². The van der Waals surface area contributed by atoms with Crippen LogP contribution in [0.15, 0.2) is 0 Å². The van der Waals surface area contributed by atoms with Gasteiger partial charge in [0.15, 0.2) is 0 Å². The molecule has 1 rings (SSSR count). The third-order valence-corrected chi connectivity index (χ3v) is 2.41. The zero-order valence-corrected chi connectivity index (χ0v) is 8.16. The van der Waals surface area contributed by atoms with Gasteiger partial charge in [-0.3, -0.25) is 9.69 Å². The second-order valence-electron chi connectivity index (χ2n) is 3.33. The summed E-state index contributed by atoms with van der Waals surface area (Å²) < 4.78 is 5.31. The molecule has 1 heterocycles. The van der Waals surface area contributed by atoms with Crippen LogP contribution in [-0.2, 0) is 9.53 Å². The minimum atomic E-state index is -0.218. The van der Waals surface area contributed by atoms with Gasteiger partial charge in [0.1, 0.15) is 0 Å². The monoisotopic (exact) mass is 186 g/mol. The first-order valence-electron chi connectivity index (χ1n) is 4.86. The Morgan fingerprint density at radius 2 is 2.31 bits per heavy atom.